The minimum Gasteiger partial charge on any atom is -0.339 e. The summed E-state index contributed by atoms with van der Waals surface area (Å²) in [6.45, 7) is 4.04. The van der Waals surface area contributed by atoms with E-state index in [0.29, 0.717) is 0 Å². The summed E-state index contributed by atoms with van der Waals surface area (Å²) in [5.74, 6) is 0.965. The Bertz CT molecular complexity index is 380. The molecule has 0 saturated carbocycles. The Morgan fingerprint density at radius 1 is 1.29 bits per heavy atom. The summed E-state index contributed by atoms with van der Waals surface area (Å²) in [4.78, 5) is 15.1. The molecule has 1 fully saturated rings. The zero-order valence-corrected chi connectivity index (χ0v) is 11.1. The SMILES string of the molecule is CCC1CCN(C(=O)c2ccc(S)cc2)CC1. The van der Waals surface area contributed by atoms with Gasteiger partial charge in [0, 0.05) is 23.5 Å². The van der Waals surface area contributed by atoms with Crippen LogP contribution in [0.3, 0.4) is 0 Å². The van der Waals surface area contributed by atoms with Gasteiger partial charge in [0.1, 0.15) is 0 Å². The van der Waals surface area contributed by atoms with Gasteiger partial charge in [0.15, 0.2) is 0 Å². The largest absolute Gasteiger partial charge is 0.339 e. The van der Waals surface area contributed by atoms with Crippen molar-refractivity contribution in [2.45, 2.75) is 31.1 Å². The lowest BCUT2D eigenvalue weighted by molar-refractivity contribution is 0.0689. The Kier molecular flexibility index (Phi) is 4.11. The molecule has 1 saturated heterocycles. The van der Waals surface area contributed by atoms with Crippen LogP contribution in [0, 0.1) is 5.92 Å². The Morgan fingerprint density at radius 2 is 1.88 bits per heavy atom. The van der Waals surface area contributed by atoms with Gasteiger partial charge in [-0.2, -0.15) is 0 Å². The van der Waals surface area contributed by atoms with Crippen molar-refractivity contribution in [3.63, 3.8) is 0 Å². The highest BCUT2D eigenvalue weighted by atomic mass is 32.1. The number of hydrogen-bond acceptors (Lipinski definition) is 2. The van der Waals surface area contributed by atoms with Crippen molar-refractivity contribution in [2.75, 3.05) is 13.1 Å². The molecule has 0 aromatic heterocycles. The molecule has 1 heterocycles. The summed E-state index contributed by atoms with van der Waals surface area (Å²) in [7, 11) is 0. The van der Waals surface area contributed by atoms with Gasteiger partial charge < -0.3 is 4.90 Å². The molecule has 2 nitrogen and oxygen atoms in total. The standard InChI is InChI=1S/C14H19NOS/c1-2-11-7-9-15(10-8-11)14(16)12-3-5-13(17)6-4-12/h3-6,11,17H,2,7-10H2,1H3. The quantitative estimate of drug-likeness (QED) is 0.798. The lowest BCUT2D eigenvalue weighted by atomic mass is 9.94. The van der Waals surface area contributed by atoms with Gasteiger partial charge in [-0.1, -0.05) is 13.3 Å². The second kappa shape index (κ2) is 5.58. The maximum Gasteiger partial charge on any atom is 0.253 e. The molecule has 2 rings (SSSR count). The van der Waals surface area contributed by atoms with E-state index in [0.717, 1.165) is 42.3 Å². The van der Waals surface area contributed by atoms with Crippen LogP contribution in [-0.2, 0) is 0 Å². The van der Waals surface area contributed by atoms with Gasteiger partial charge in [-0.05, 0) is 43.0 Å². The van der Waals surface area contributed by atoms with Crippen molar-refractivity contribution < 1.29 is 4.79 Å². The van der Waals surface area contributed by atoms with Crippen LogP contribution in [-0.4, -0.2) is 23.9 Å². The fraction of sp³-hybridized carbons (Fsp3) is 0.500. The van der Waals surface area contributed by atoms with Crippen LogP contribution in [0.15, 0.2) is 29.2 Å². The number of likely N-dealkylation sites (tertiary alicyclic amines) is 1. The van der Waals surface area contributed by atoms with Gasteiger partial charge in [0.25, 0.3) is 5.91 Å². The summed E-state index contributed by atoms with van der Waals surface area (Å²) >= 11 is 4.23. The number of benzene rings is 1. The van der Waals surface area contributed by atoms with Gasteiger partial charge in [-0.15, -0.1) is 12.6 Å². The Labute approximate surface area is 108 Å². The fourth-order valence-electron chi connectivity index (χ4n) is 2.33. The van der Waals surface area contributed by atoms with Gasteiger partial charge in [0.2, 0.25) is 0 Å². The minimum absolute atomic E-state index is 0.160. The van der Waals surface area contributed by atoms with Crippen molar-refractivity contribution in [3.05, 3.63) is 29.8 Å². The van der Waals surface area contributed by atoms with Crippen LogP contribution in [0.25, 0.3) is 0 Å². The van der Waals surface area contributed by atoms with Gasteiger partial charge in [-0.25, -0.2) is 0 Å². The molecule has 1 aliphatic rings. The van der Waals surface area contributed by atoms with Crippen LogP contribution in [0.2, 0.25) is 0 Å². The van der Waals surface area contributed by atoms with Gasteiger partial charge >= 0.3 is 0 Å². The van der Waals surface area contributed by atoms with E-state index in [1.54, 1.807) is 0 Å². The molecule has 0 aliphatic carbocycles. The average Bonchev–Trinajstić information content (AvgIpc) is 2.39. The average molecular weight is 249 g/mol. The fourth-order valence-corrected chi connectivity index (χ4v) is 2.48. The topological polar surface area (TPSA) is 20.3 Å². The van der Waals surface area contributed by atoms with E-state index in [1.165, 1.54) is 6.42 Å². The second-order valence-electron chi connectivity index (χ2n) is 4.69. The highest BCUT2D eigenvalue weighted by molar-refractivity contribution is 7.80. The molecule has 0 spiro atoms. The van der Waals surface area contributed by atoms with Crippen molar-refractivity contribution in [3.8, 4) is 0 Å². The molecule has 92 valence electrons. The van der Waals surface area contributed by atoms with Crippen molar-refractivity contribution in [1.29, 1.82) is 0 Å². The Hall–Kier alpha value is -0.960. The van der Waals surface area contributed by atoms with Crippen LogP contribution in [0.4, 0.5) is 0 Å². The first kappa shape index (κ1) is 12.5. The second-order valence-corrected chi connectivity index (χ2v) is 5.21. The molecule has 3 heteroatoms. The molecular weight excluding hydrogens is 230 g/mol. The first-order chi connectivity index (χ1) is 8.20. The Morgan fingerprint density at radius 3 is 2.41 bits per heavy atom. The zero-order chi connectivity index (χ0) is 12.3. The van der Waals surface area contributed by atoms with Gasteiger partial charge in [0.05, 0.1) is 0 Å². The van der Waals surface area contributed by atoms with Crippen LogP contribution in [0.1, 0.15) is 36.5 Å². The van der Waals surface area contributed by atoms with Crippen LogP contribution in [0.5, 0.6) is 0 Å². The first-order valence-electron chi connectivity index (χ1n) is 6.29. The smallest absolute Gasteiger partial charge is 0.253 e. The monoisotopic (exact) mass is 249 g/mol. The molecule has 1 amide bonds. The number of hydrogen-bond donors (Lipinski definition) is 1. The summed E-state index contributed by atoms with van der Waals surface area (Å²) in [6.07, 6.45) is 3.52. The molecular formula is C14H19NOS. The zero-order valence-electron chi connectivity index (χ0n) is 10.2. The summed E-state index contributed by atoms with van der Waals surface area (Å²) in [5.41, 5.74) is 0.776. The highest BCUT2D eigenvalue weighted by Gasteiger charge is 2.22. The third-order valence-electron chi connectivity index (χ3n) is 3.59. The molecule has 0 N–H and O–H groups in total. The lowest BCUT2D eigenvalue weighted by Crippen LogP contribution is -2.38. The molecule has 1 aromatic carbocycles. The number of rotatable bonds is 2. The molecule has 0 unspecified atom stereocenters. The summed E-state index contributed by atoms with van der Waals surface area (Å²) < 4.78 is 0. The van der Waals surface area contributed by atoms with E-state index in [-0.39, 0.29) is 5.91 Å². The van der Waals surface area contributed by atoms with E-state index in [2.05, 4.69) is 19.6 Å². The third kappa shape index (κ3) is 3.03. The normalized spacial score (nSPS) is 17.2. The number of amides is 1. The van der Waals surface area contributed by atoms with E-state index in [4.69, 9.17) is 0 Å². The number of nitrogens with zero attached hydrogens (tertiary/aromatic N) is 1. The predicted octanol–water partition coefficient (Wildman–Crippen LogP) is 3.24. The maximum absolute atomic E-state index is 12.2. The van der Waals surface area contributed by atoms with E-state index >= 15 is 0 Å². The summed E-state index contributed by atoms with van der Waals surface area (Å²) in [6, 6.07) is 7.46. The maximum atomic E-state index is 12.2. The molecule has 0 atom stereocenters. The third-order valence-corrected chi connectivity index (χ3v) is 3.89. The minimum atomic E-state index is 0.160. The van der Waals surface area contributed by atoms with Gasteiger partial charge in [-0.3, -0.25) is 4.79 Å². The summed E-state index contributed by atoms with van der Waals surface area (Å²) in [5, 5.41) is 0. The van der Waals surface area contributed by atoms with E-state index < -0.39 is 0 Å². The molecule has 0 radical (unpaired) electrons. The number of piperidine rings is 1. The van der Waals surface area contributed by atoms with Crippen LogP contribution >= 0.6 is 12.6 Å². The van der Waals surface area contributed by atoms with Crippen molar-refractivity contribution in [1.82, 2.24) is 4.90 Å². The van der Waals surface area contributed by atoms with Crippen LogP contribution < -0.4 is 0 Å². The Balaban J connectivity index is 1.99. The number of thiol groups is 1. The lowest BCUT2D eigenvalue weighted by Gasteiger charge is -2.31. The molecule has 17 heavy (non-hydrogen) atoms. The van der Waals surface area contributed by atoms with Crippen molar-refractivity contribution >= 4 is 18.5 Å². The molecule has 1 aliphatic heterocycles. The first-order valence-corrected chi connectivity index (χ1v) is 6.73. The van der Waals surface area contributed by atoms with E-state index in [9.17, 15) is 4.79 Å². The van der Waals surface area contributed by atoms with E-state index in [1.807, 2.05) is 29.2 Å². The number of carbonyl (C=O) groups is 1. The van der Waals surface area contributed by atoms with Crippen molar-refractivity contribution in [2.24, 2.45) is 5.92 Å². The molecule has 0 bridgehead atoms. The number of carbonyl (C=O) groups excluding carboxylic acids is 1. The predicted molar refractivity (Wildman–Crippen MR) is 72.6 cm³/mol. The highest BCUT2D eigenvalue weighted by Crippen LogP contribution is 2.21. The molecule has 1 aromatic rings.